The third-order valence-electron chi connectivity index (χ3n) is 5.13. The van der Waals surface area contributed by atoms with Crippen LogP contribution in [0.5, 0.6) is 0 Å². The Morgan fingerprint density at radius 1 is 1.25 bits per heavy atom. The van der Waals surface area contributed by atoms with E-state index in [9.17, 15) is 24.8 Å². The van der Waals surface area contributed by atoms with Gasteiger partial charge in [-0.15, -0.1) is 0 Å². The van der Waals surface area contributed by atoms with E-state index < -0.39 is 11.8 Å². The lowest BCUT2D eigenvalue weighted by molar-refractivity contribution is 0.0697. The number of carboxylic acid groups (broad SMARTS) is 1. The number of H-pyrrole nitrogens is 1. The molecule has 2 N–H and O–H groups in total. The Morgan fingerprint density at radius 3 is 2.43 bits per heavy atom. The summed E-state index contributed by atoms with van der Waals surface area (Å²) in [6, 6.07) is 5.79. The normalized spacial score (nSPS) is 13.4. The molecule has 0 unspecified atom stereocenters. The van der Waals surface area contributed by atoms with Gasteiger partial charge in [0, 0.05) is 22.4 Å². The number of hydrogen-bond donors (Lipinski definition) is 2. The fourth-order valence-electron chi connectivity index (χ4n) is 3.54. The van der Waals surface area contributed by atoms with Gasteiger partial charge in [-0.3, -0.25) is 9.59 Å². The molecule has 2 aromatic rings. The van der Waals surface area contributed by atoms with Crippen molar-refractivity contribution in [2.75, 3.05) is 0 Å². The number of aromatic amines is 1. The van der Waals surface area contributed by atoms with Crippen LogP contribution in [-0.4, -0.2) is 21.8 Å². The zero-order valence-corrected chi connectivity index (χ0v) is 16.1. The monoisotopic (exact) mass is 378 g/mol. The molecule has 1 aliphatic rings. The number of carbonyl (C=O) groups excluding carboxylic acids is 1. The van der Waals surface area contributed by atoms with Crippen LogP contribution in [0.2, 0.25) is 0 Å². The van der Waals surface area contributed by atoms with E-state index >= 15 is 0 Å². The van der Waals surface area contributed by atoms with Crippen molar-refractivity contribution in [3.8, 4) is 6.07 Å². The Balaban J connectivity index is 2.26. The summed E-state index contributed by atoms with van der Waals surface area (Å²) in [6.07, 6.45) is 2.89. The molecule has 0 atom stereocenters. The molecule has 1 aromatic carbocycles. The molecule has 0 aliphatic heterocycles. The number of carbonyl (C=O) groups is 2. The topological polar surface area (TPSA) is 111 Å². The lowest BCUT2D eigenvalue weighted by Gasteiger charge is -2.18. The molecule has 0 radical (unpaired) electrons. The number of nitrogens with one attached hydrogen (secondary N) is 1. The molecular weight excluding hydrogens is 356 g/mol. The summed E-state index contributed by atoms with van der Waals surface area (Å²) in [5.41, 5.74) is 2.03. The third kappa shape index (κ3) is 3.74. The number of hydrogen-bond acceptors (Lipinski definition) is 4. The number of aromatic carboxylic acids is 1. The summed E-state index contributed by atoms with van der Waals surface area (Å²) in [6.45, 7) is 5.49. The summed E-state index contributed by atoms with van der Waals surface area (Å²) in [4.78, 5) is 40.4. The molecule has 28 heavy (non-hydrogen) atoms. The maximum atomic E-state index is 13.5. The molecule has 1 aliphatic carbocycles. The van der Waals surface area contributed by atoms with Gasteiger partial charge < -0.3 is 10.1 Å². The Bertz CT molecular complexity index is 1070. The van der Waals surface area contributed by atoms with Crippen molar-refractivity contribution in [1.29, 1.82) is 5.26 Å². The van der Waals surface area contributed by atoms with Crippen LogP contribution < -0.4 is 5.56 Å². The second kappa shape index (κ2) is 7.43. The van der Waals surface area contributed by atoms with Gasteiger partial charge in [0.25, 0.3) is 5.56 Å². The van der Waals surface area contributed by atoms with Crippen molar-refractivity contribution in [1.82, 2.24) is 4.98 Å². The highest BCUT2D eigenvalue weighted by molar-refractivity contribution is 6.12. The molecule has 1 saturated carbocycles. The second-order valence-electron chi connectivity index (χ2n) is 7.69. The zero-order valence-electron chi connectivity index (χ0n) is 16.1. The maximum Gasteiger partial charge on any atom is 0.335 e. The first-order valence-corrected chi connectivity index (χ1v) is 9.31. The maximum absolute atomic E-state index is 13.5. The summed E-state index contributed by atoms with van der Waals surface area (Å²) in [5.74, 6) is -1.31. The van der Waals surface area contributed by atoms with Gasteiger partial charge in [0.05, 0.1) is 17.2 Å². The van der Waals surface area contributed by atoms with Gasteiger partial charge in [0.15, 0.2) is 5.78 Å². The number of nitrogens with zero attached hydrogens (tertiary/aromatic N) is 1. The quantitative estimate of drug-likeness (QED) is 0.747. The SMILES string of the molecule is Cc1[nH]c(=O)c(C(C)C)c(C(=O)c2cc(C#N)cc(C(=O)O)c2)c1CC1CC1. The minimum atomic E-state index is -1.21. The van der Waals surface area contributed by atoms with Crippen LogP contribution >= 0.6 is 0 Å². The molecule has 0 bridgehead atoms. The second-order valence-corrected chi connectivity index (χ2v) is 7.69. The van der Waals surface area contributed by atoms with E-state index in [1.54, 1.807) is 6.92 Å². The predicted molar refractivity (Wildman–Crippen MR) is 104 cm³/mol. The van der Waals surface area contributed by atoms with E-state index in [2.05, 4.69) is 4.98 Å². The van der Waals surface area contributed by atoms with Gasteiger partial charge in [-0.25, -0.2) is 4.79 Å². The van der Waals surface area contributed by atoms with E-state index in [1.807, 2.05) is 19.9 Å². The Kier molecular flexibility index (Phi) is 5.19. The van der Waals surface area contributed by atoms with Crippen LogP contribution in [0.1, 0.15) is 81.3 Å². The van der Waals surface area contributed by atoms with Crippen LogP contribution in [0.15, 0.2) is 23.0 Å². The van der Waals surface area contributed by atoms with Gasteiger partial charge in [-0.2, -0.15) is 5.26 Å². The Hall–Kier alpha value is -3.20. The summed E-state index contributed by atoms with van der Waals surface area (Å²) in [5, 5.41) is 18.5. The summed E-state index contributed by atoms with van der Waals surface area (Å²) < 4.78 is 0. The standard InChI is InChI=1S/C22H22N2O4/c1-11(2)18-19(17(8-13-4-5-13)12(3)24-21(18)26)20(25)15-6-14(10-23)7-16(9-15)22(27)28/h6-7,9,11,13H,4-5,8H2,1-3H3,(H,24,26)(H,27,28). The van der Waals surface area contributed by atoms with Crippen LogP contribution in [-0.2, 0) is 6.42 Å². The Morgan fingerprint density at radius 2 is 1.89 bits per heavy atom. The number of carboxylic acids is 1. The number of aromatic nitrogens is 1. The Labute approximate surface area is 162 Å². The van der Waals surface area contributed by atoms with Crippen LogP contribution in [0.3, 0.4) is 0 Å². The lowest BCUT2D eigenvalue weighted by Crippen LogP contribution is -2.24. The van der Waals surface area contributed by atoms with Crippen molar-refractivity contribution in [3.63, 3.8) is 0 Å². The molecule has 144 valence electrons. The molecular formula is C22H22N2O4. The minimum Gasteiger partial charge on any atom is -0.478 e. The molecule has 6 heteroatoms. The fourth-order valence-corrected chi connectivity index (χ4v) is 3.54. The highest BCUT2D eigenvalue weighted by atomic mass is 16.4. The smallest absolute Gasteiger partial charge is 0.335 e. The molecule has 1 heterocycles. The number of benzene rings is 1. The third-order valence-corrected chi connectivity index (χ3v) is 5.13. The fraction of sp³-hybridized carbons (Fsp3) is 0.364. The number of ketones is 1. The van der Waals surface area contributed by atoms with Gasteiger partial charge in [-0.05, 0) is 61.8 Å². The minimum absolute atomic E-state index is 0.0969. The molecule has 3 rings (SSSR count). The molecule has 1 aromatic heterocycles. The van der Waals surface area contributed by atoms with Crippen molar-refractivity contribution >= 4 is 11.8 Å². The van der Waals surface area contributed by atoms with Crippen LogP contribution in [0.25, 0.3) is 0 Å². The van der Waals surface area contributed by atoms with Gasteiger partial charge in [0.1, 0.15) is 0 Å². The molecule has 0 spiro atoms. The van der Waals surface area contributed by atoms with E-state index in [0.717, 1.165) is 18.4 Å². The molecule has 0 amide bonds. The van der Waals surface area contributed by atoms with Crippen molar-refractivity contribution in [2.45, 2.75) is 46.0 Å². The first-order valence-electron chi connectivity index (χ1n) is 9.31. The highest BCUT2D eigenvalue weighted by Gasteiger charge is 2.29. The number of aryl methyl sites for hydroxylation is 1. The first-order chi connectivity index (χ1) is 13.2. The van der Waals surface area contributed by atoms with E-state index in [4.69, 9.17) is 0 Å². The average molecular weight is 378 g/mol. The van der Waals surface area contributed by atoms with Crippen LogP contribution in [0, 0.1) is 24.2 Å². The van der Waals surface area contributed by atoms with Crippen molar-refractivity contribution in [2.24, 2.45) is 5.92 Å². The molecule has 1 fully saturated rings. The first kappa shape index (κ1) is 19.6. The van der Waals surface area contributed by atoms with Crippen molar-refractivity contribution < 1.29 is 14.7 Å². The number of nitriles is 1. The zero-order chi connectivity index (χ0) is 20.6. The van der Waals surface area contributed by atoms with Gasteiger partial charge in [0.2, 0.25) is 0 Å². The van der Waals surface area contributed by atoms with E-state index in [0.29, 0.717) is 29.2 Å². The number of rotatable bonds is 6. The number of pyridine rings is 1. The van der Waals surface area contributed by atoms with Crippen molar-refractivity contribution in [3.05, 3.63) is 67.6 Å². The van der Waals surface area contributed by atoms with Gasteiger partial charge in [-0.1, -0.05) is 13.8 Å². The molecule has 0 saturated heterocycles. The average Bonchev–Trinajstić information content (AvgIpc) is 3.46. The van der Waals surface area contributed by atoms with E-state index in [1.165, 1.54) is 18.2 Å². The lowest BCUT2D eigenvalue weighted by atomic mass is 9.86. The van der Waals surface area contributed by atoms with E-state index in [-0.39, 0.29) is 28.2 Å². The van der Waals surface area contributed by atoms with Gasteiger partial charge >= 0.3 is 5.97 Å². The largest absolute Gasteiger partial charge is 0.478 e. The molecule has 6 nitrogen and oxygen atoms in total. The predicted octanol–water partition coefficient (Wildman–Crippen LogP) is 3.56. The highest BCUT2D eigenvalue weighted by Crippen LogP contribution is 2.36. The summed E-state index contributed by atoms with van der Waals surface area (Å²) >= 11 is 0. The van der Waals surface area contributed by atoms with Crippen LogP contribution in [0.4, 0.5) is 0 Å². The summed E-state index contributed by atoms with van der Waals surface area (Å²) in [7, 11) is 0.